The largest absolute Gasteiger partial charge is 0.494 e. The minimum Gasteiger partial charge on any atom is -0.494 e. The lowest BCUT2D eigenvalue weighted by Gasteiger charge is -2.11. The second kappa shape index (κ2) is 9.74. The molecule has 8 heteroatoms. The molecule has 0 aromatic heterocycles. The van der Waals surface area contributed by atoms with Crippen molar-refractivity contribution in [2.24, 2.45) is 0 Å². The smallest absolute Gasteiger partial charge is 0.271 e. The summed E-state index contributed by atoms with van der Waals surface area (Å²) in [5.74, 6) is -0.183. The average molecular weight is 392 g/mol. The van der Waals surface area contributed by atoms with Gasteiger partial charge in [-0.1, -0.05) is 30.7 Å². The quantitative estimate of drug-likeness (QED) is 0.539. The second-order valence-electron chi connectivity index (χ2n) is 5.22. The number of carbonyl (C=O) groups excluding carboxylic acids is 2. The van der Waals surface area contributed by atoms with E-state index < -0.39 is 11.8 Å². The van der Waals surface area contributed by atoms with E-state index in [1.807, 2.05) is 6.92 Å². The number of carbonyl (C=O) groups is 2. The molecule has 2 aromatic carbocycles. The maximum absolute atomic E-state index is 12.1. The molecule has 0 aliphatic carbocycles. The lowest BCUT2D eigenvalue weighted by molar-refractivity contribution is 0.0934. The zero-order valence-electron chi connectivity index (χ0n) is 14.0. The first-order chi connectivity index (χ1) is 12.5. The van der Waals surface area contributed by atoms with Crippen LogP contribution >= 0.6 is 23.8 Å². The maximum atomic E-state index is 12.1. The summed E-state index contributed by atoms with van der Waals surface area (Å²) in [4.78, 5) is 24.1. The Balaban J connectivity index is 1.84. The number of benzene rings is 2. The number of nitrogens with one attached hydrogen (secondary N) is 3. The minimum atomic E-state index is -0.468. The summed E-state index contributed by atoms with van der Waals surface area (Å²) in [5.41, 5.74) is 5.55. The molecule has 136 valence electrons. The molecule has 2 aromatic rings. The normalized spacial score (nSPS) is 9.92. The van der Waals surface area contributed by atoms with Gasteiger partial charge in [0.25, 0.3) is 11.8 Å². The summed E-state index contributed by atoms with van der Waals surface area (Å²) in [6, 6.07) is 13.3. The fourth-order valence-electron chi connectivity index (χ4n) is 1.96. The van der Waals surface area contributed by atoms with Crippen molar-refractivity contribution in [3.8, 4) is 5.75 Å². The van der Waals surface area contributed by atoms with Crippen LogP contribution < -0.4 is 20.9 Å². The highest BCUT2D eigenvalue weighted by atomic mass is 35.5. The molecule has 0 atom stereocenters. The van der Waals surface area contributed by atoms with E-state index in [1.54, 1.807) is 48.5 Å². The summed E-state index contributed by atoms with van der Waals surface area (Å²) in [6.07, 6.45) is 0.905. The van der Waals surface area contributed by atoms with Crippen LogP contribution in [0.3, 0.4) is 0 Å². The topological polar surface area (TPSA) is 79.5 Å². The Kier molecular flexibility index (Phi) is 7.37. The Labute approximate surface area is 161 Å². The minimum absolute atomic E-state index is 0.0401. The summed E-state index contributed by atoms with van der Waals surface area (Å²) in [5, 5.41) is 2.75. The Morgan fingerprint density at radius 2 is 1.73 bits per heavy atom. The number of hydrazine groups is 1. The van der Waals surface area contributed by atoms with Crippen molar-refractivity contribution in [2.75, 3.05) is 6.61 Å². The van der Waals surface area contributed by atoms with E-state index in [1.165, 1.54) is 0 Å². The van der Waals surface area contributed by atoms with Crippen molar-refractivity contribution in [1.29, 1.82) is 0 Å². The van der Waals surface area contributed by atoms with Gasteiger partial charge in [0.2, 0.25) is 0 Å². The molecule has 0 aliphatic heterocycles. The van der Waals surface area contributed by atoms with Gasteiger partial charge in [0.1, 0.15) is 5.75 Å². The van der Waals surface area contributed by atoms with Crippen LogP contribution in [0.15, 0.2) is 48.5 Å². The Morgan fingerprint density at radius 3 is 2.38 bits per heavy atom. The van der Waals surface area contributed by atoms with Crippen molar-refractivity contribution in [1.82, 2.24) is 16.2 Å². The monoisotopic (exact) mass is 391 g/mol. The molecule has 2 rings (SSSR count). The standard InChI is InChI=1S/C18H18ClN3O3S/c1-2-11-25-13-9-7-12(8-10-13)16(23)20-18(26)22-21-17(24)14-5-3-4-6-15(14)19/h3-10H,2,11H2,1H3,(H,21,24)(H2,20,22,23,26). The SMILES string of the molecule is CCCOc1ccc(C(=O)NC(=S)NNC(=O)c2ccccc2Cl)cc1. The first-order valence-corrected chi connectivity index (χ1v) is 8.69. The molecule has 0 saturated heterocycles. The predicted octanol–water partition coefficient (Wildman–Crippen LogP) is 3.08. The van der Waals surface area contributed by atoms with Crippen LogP contribution in [0, 0.1) is 0 Å². The molecular formula is C18H18ClN3O3S. The highest BCUT2D eigenvalue weighted by Gasteiger charge is 2.11. The van der Waals surface area contributed by atoms with Gasteiger partial charge in [-0.15, -0.1) is 0 Å². The number of thiocarbonyl (C=S) groups is 1. The zero-order chi connectivity index (χ0) is 18.9. The molecule has 0 heterocycles. The van der Waals surface area contributed by atoms with Crippen LogP contribution in [-0.4, -0.2) is 23.5 Å². The van der Waals surface area contributed by atoms with Crippen LogP contribution in [0.2, 0.25) is 5.02 Å². The Bertz CT molecular complexity index is 797. The summed E-state index contributed by atoms with van der Waals surface area (Å²) >= 11 is 10.9. The third-order valence-corrected chi connectivity index (χ3v) is 3.76. The lowest BCUT2D eigenvalue weighted by Crippen LogP contribution is -2.48. The van der Waals surface area contributed by atoms with Crippen LogP contribution in [0.5, 0.6) is 5.75 Å². The summed E-state index contributed by atoms with van der Waals surface area (Å²) in [7, 11) is 0. The van der Waals surface area contributed by atoms with Gasteiger partial charge in [0, 0.05) is 5.56 Å². The number of halogens is 1. The van der Waals surface area contributed by atoms with Crippen LogP contribution in [0.25, 0.3) is 0 Å². The fraction of sp³-hybridized carbons (Fsp3) is 0.167. The molecule has 0 saturated carbocycles. The van der Waals surface area contributed by atoms with E-state index in [-0.39, 0.29) is 5.11 Å². The Morgan fingerprint density at radius 1 is 1.04 bits per heavy atom. The third kappa shape index (κ3) is 5.72. The van der Waals surface area contributed by atoms with Crippen molar-refractivity contribution >= 4 is 40.7 Å². The average Bonchev–Trinajstić information content (AvgIpc) is 2.65. The molecule has 0 bridgehead atoms. The second-order valence-corrected chi connectivity index (χ2v) is 6.03. The van der Waals surface area contributed by atoms with Crippen molar-refractivity contribution in [3.05, 3.63) is 64.7 Å². The zero-order valence-corrected chi connectivity index (χ0v) is 15.6. The maximum Gasteiger partial charge on any atom is 0.271 e. The molecule has 0 radical (unpaired) electrons. The first-order valence-electron chi connectivity index (χ1n) is 7.90. The van der Waals surface area contributed by atoms with E-state index in [0.717, 1.165) is 6.42 Å². The molecule has 0 fully saturated rings. The number of hydrogen-bond acceptors (Lipinski definition) is 4. The molecule has 3 N–H and O–H groups in total. The molecule has 0 spiro atoms. The molecular weight excluding hydrogens is 374 g/mol. The fourth-order valence-corrected chi connectivity index (χ4v) is 2.32. The highest BCUT2D eigenvalue weighted by Crippen LogP contribution is 2.14. The van der Waals surface area contributed by atoms with Crippen LogP contribution in [0.1, 0.15) is 34.1 Å². The van der Waals surface area contributed by atoms with E-state index >= 15 is 0 Å². The van der Waals surface area contributed by atoms with Gasteiger partial charge in [-0.25, -0.2) is 0 Å². The van der Waals surface area contributed by atoms with Gasteiger partial charge in [-0.3, -0.25) is 25.8 Å². The van der Waals surface area contributed by atoms with Crippen molar-refractivity contribution < 1.29 is 14.3 Å². The van der Waals surface area contributed by atoms with Gasteiger partial charge < -0.3 is 4.74 Å². The van der Waals surface area contributed by atoms with Crippen molar-refractivity contribution in [3.63, 3.8) is 0 Å². The Hall–Kier alpha value is -2.64. The van der Waals surface area contributed by atoms with E-state index in [4.69, 9.17) is 28.6 Å². The van der Waals surface area contributed by atoms with Crippen LogP contribution in [-0.2, 0) is 0 Å². The van der Waals surface area contributed by atoms with Gasteiger partial charge in [0.15, 0.2) is 5.11 Å². The number of rotatable bonds is 5. The van der Waals surface area contributed by atoms with E-state index in [2.05, 4.69) is 16.2 Å². The lowest BCUT2D eigenvalue weighted by atomic mass is 10.2. The van der Waals surface area contributed by atoms with Crippen molar-refractivity contribution in [2.45, 2.75) is 13.3 Å². The van der Waals surface area contributed by atoms with Gasteiger partial charge in [0.05, 0.1) is 17.2 Å². The highest BCUT2D eigenvalue weighted by molar-refractivity contribution is 7.80. The molecule has 6 nitrogen and oxygen atoms in total. The number of ether oxygens (including phenoxy) is 1. The predicted molar refractivity (Wildman–Crippen MR) is 104 cm³/mol. The molecule has 0 aliphatic rings. The molecule has 2 amide bonds. The molecule has 26 heavy (non-hydrogen) atoms. The summed E-state index contributed by atoms with van der Waals surface area (Å²) in [6.45, 7) is 2.63. The van der Waals surface area contributed by atoms with Gasteiger partial charge in [-0.2, -0.15) is 0 Å². The van der Waals surface area contributed by atoms with Gasteiger partial charge in [-0.05, 0) is 55.0 Å². The molecule has 0 unspecified atom stereocenters. The van der Waals surface area contributed by atoms with E-state index in [9.17, 15) is 9.59 Å². The summed E-state index contributed by atoms with van der Waals surface area (Å²) < 4.78 is 5.46. The van der Waals surface area contributed by atoms with E-state index in [0.29, 0.717) is 28.5 Å². The van der Waals surface area contributed by atoms with Gasteiger partial charge >= 0.3 is 0 Å². The third-order valence-electron chi connectivity index (χ3n) is 3.22. The first kappa shape index (κ1) is 19.7. The van der Waals surface area contributed by atoms with Crippen LogP contribution in [0.4, 0.5) is 0 Å². The number of hydrogen-bond donors (Lipinski definition) is 3. The number of amides is 2.